The Kier molecular flexibility index (Phi) is 4.38. The van der Waals surface area contributed by atoms with Gasteiger partial charge in [-0.05, 0) is 38.7 Å². The van der Waals surface area contributed by atoms with E-state index in [2.05, 4.69) is 35.8 Å². The molecule has 3 atom stereocenters. The van der Waals surface area contributed by atoms with E-state index in [0.29, 0.717) is 18.7 Å². The number of hydrogen-bond donors (Lipinski definition) is 2. The zero-order valence-corrected chi connectivity index (χ0v) is 11.3. The van der Waals surface area contributed by atoms with Crippen molar-refractivity contribution in [1.29, 1.82) is 0 Å². The fraction of sp³-hybridized carbons (Fsp3) is 0.615. The van der Waals surface area contributed by atoms with E-state index in [-0.39, 0.29) is 6.10 Å². The Labute approximate surface area is 108 Å². The van der Waals surface area contributed by atoms with Crippen molar-refractivity contribution in [2.75, 3.05) is 13.7 Å². The lowest BCUT2D eigenvalue weighted by Gasteiger charge is -2.27. The molecular formula is C13H22N4O. The third kappa shape index (κ3) is 2.91. The van der Waals surface area contributed by atoms with Crippen molar-refractivity contribution in [2.45, 2.75) is 38.6 Å². The van der Waals surface area contributed by atoms with Gasteiger partial charge in [0.2, 0.25) is 0 Å². The third-order valence-electron chi connectivity index (χ3n) is 3.43. The topological polar surface area (TPSA) is 51.1 Å². The lowest BCUT2D eigenvalue weighted by atomic mass is 10.0. The molecule has 0 bridgehead atoms. The van der Waals surface area contributed by atoms with Crippen LogP contribution in [-0.2, 0) is 11.3 Å². The van der Waals surface area contributed by atoms with E-state index in [1.165, 1.54) is 5.57 Å². The first-order valence-electron chi connectivity index (χ1n) is 6.41. The minimum atomic E-state index is 0.159. The predicted molar refractivity (Wildman–Crippen MR) is 71.2 cm³/mol. The van der Waals surface area contributed by atoms with Gasteiger partial charge in [-0.25, -0.2) is 0 Å². The Morgan fingerprint density at radius 2 is 2.44 bits per heavy atom. The molecule has 0 aromatic carbocycles. The van der Waals surface area contributed by atoms with Gasteiger partial charge in [0.05, 0.1) is 31.3 Å². The Bertz CT molecular complexity index is 388. The van der Waals surface area contributed by atoms with E-state index in [4.69, 9.17) is 4.74 Å². The van der Waals surface area contributed by atoms with Gasteiger partial charge in [0.1, 0.15) is 0 Å². The first kappa shape index (κ1) is 13.1. The number of nitrogens with zero attached hydrogens (tertiary/aromatic N) is 2. The lowest BCUT2D eigenvalue weighted by molar-refractivity contribution is 0.0329. The zero-order chi connectivity index (χ0) is 13.0. The smallest absolute Gasteiger partial charge is 0.0767 e. The summed E-state index contributed by atoms with van der Waals surface area (Å²) in [7, 11) is 1.98. The van der Waals surface area contributed by atoms with Gasteiger partial charge >= 0.3 is 0 Å². The number of aromatic nitrogens is 2. The molecule has 0 saturated heterocycles. The maximum atomic E-state index is 5.88. The number of nitrogens with one attached hydrogen (secondary N) is 2. The van der Waals surface area contributed by atoms with E-state index in [9.17, 15) is 0 Å². The molecule has 0 unspecified atom stereocenters. The molecule has 1 aliphatic rings. The molecule has 0 radical (unpaired) electrons. The van der Waals surface area contributed by atoms with Crippen LogP contribution in [0, 0.1) is 0 Å². The van der Waals surface area contributed by atoms with E-state index < -0.39 is 0 Å². The summed E-state index contributed by atoms with van der Waals surface area (Å²) in [5.41, 5.74) is 1.32. The number of likely N-dealkylation sites (N-methyl/N-ethyl adjacent to an activating group) is 1. The van der Waals surface area contributed by atoms with Crippen LogP contribution in [0.1, 0.15) is 13.8 Å². The molecule has 2 N–H and O–H groups in total. The summed E-state index contributed by atoms with van der Waals surface area (Å²) in [4.78, 5) is 0. The van der Waals surface area contributed by atoms with Crippen LogP contribution in [0.15, 0.2) is 30.2 Å². The second-order valence-corrected chi connectivity index (χ2v) is 4.69. The summed E-state index contributed by atoms with van der Waals surface area (Å²) in [5, 5.41) is 10.9. The van der Waals surface area contributed by atoms with Crippen molar-refractivity contribution in [1.82, 2.24) is 20.4 Å². The molecule has 0 aliphatic carbocycles. The van der Waals surface area contributed by atoms with Crippen LogP contribution in [0.25, 0.3) is 0 Å². The van der Waals surface area contributed by atoms with Gasteiger partial charge in [-0.1, -0.05) is 0 Å². The standard InChI is InChI=1S/C13H22N4O/c1-10-9-15-13(12(10)14-3)11(2)18-8-7-17-6-4-5-16-17/h4-6,9,11-15H,7-8H2,1-3H3/t11-,12-,13+/m0/s1. The summed E-state index contributed by atoms with van der Waals surface area (Å²) in [5.74, 6) is 0. The van der Waals surface area contributed by atoms with Gasteiger partial charge in [0.25, 0.3) is 0 Å². The summed E-state index contributed by atoms with van der Waals surface area (Å²) in [6.45, 7) is 5.71. The molecule has 1 aromatic rings. The Balaban J connectivity index is 1.76. The van der Waals surface area contributed by atoms with Crippen molar-refractivity contribution >= 4 is 0 Å². The zero-order valence-electron chi connectivity index (χ0n) is 11.3. The molecule has 1 aromatic heterocycles. The van der Waals surface area contributed by atoms with Crippen LogP contribution in [0.2, 0.25) is 0 Å². The first-order chi connectivity index (χ1) is 8.72. The number of hydrogen-bond acceptors (Lipinski definition) is 4. The molecule has 18 heavy (non-hydrogen) atoms. The fourth-order valence-electron chi connectivity index (χ4n) is 2.38. The highest BCUT2D eigenvalue weighted by Crippen LogP contribution is 2.16. The van der Waals surface area contributed by atoms with Crippen molar-refractivity contribution in [3.63, 3.8) is 0 Å². The van der Waals surface area contributed by atoms with Crippen LogP contribution in [0.3, 0.4) is 0 Å². The van der Waals surface area contributed by atoms with Gasteiger partial charge in [-0.3, -0.25) is 4.68 Å². The molecule has 5 nitrogen and oxygen atoms in total. The summed E-state index contributed by atoms with van der Waals surface area (Å²) < 4.78 is 7.77. The molecule has 100 valence electrons. The highest BCUT2D eigenvalue weighted by atomic mass is 16.5. The number of rotatable bonds is 6. The Hall–Kier alpha value is -1.33. The largest absolute Gasteiger partial charge is 0.384 e. The molecule has 0 spiro atoms. The van der Waals surface area contributed by atoms with Crippen LogP contribution < -0.4 is 10.6 Å². The molecule has 2 heterocycles. The highest BCUT2D eigenvalue weighted by molar-refractivity contribution is 5.19. The normalized spacial score (nSPS) is 24.7. The second kappa shape index (κ2) is 6.02. The van der Waals surface area contributed by atoms with Gasteiger partial charge < -0.3 is 15.4 Å². The van der Waals surface area contributed by atoms with Gasteiger partial charge in [-0.2, -0.15) is 5.10 Å². The van der Waals surface area contributed by atoms with Crippen molar-refractivity contribution in [3.8, 4) is 0 Å². The first-order valence-corrected chi connectivity index (χ1v) is 6.41. The molecule has 1 aliphatic heterocycles. The maximum Gasteiger partial charge on any atom is 0.0767 e. The van der Waals surface area contributed by atoms with Crippen molar-refractivity contribution in [2.24, 2.45) is 0 Å². The van der Waals surface area contributed by atoms with Crippen LogP contribution in [0.4, 0.5) is 0 Å². The molecule has 0 fully saturated rings. The predicted octanol–water partition coefficient (Wildman–Crippen LogP) is 0.752. The summed E-state index contributed by atoms with van der Waals surface area (Å²) >= 11 is 0. The van der Waals surface area contributed by atoms with Gasteiger partial charge in [0.15, 0.2) is 0 Å². The molecular weight excluding hydrogens is 228 g/mol. The quantitative estimate of drug-likeness (QED) is 0.782. The minimum Gasteiger partial charge on any atom is -0.384 e. The van der Waals surface area contributed by atoms with Crippen molar-refractivity contribution < 1.29 is 4.74 Å². The maximum absolute atomic E-state index is 5.88. The number of ether oxygens (including phenoxy) is 1. The third-order valence-corrected chi connectivity index (χ3v) is 3.43. The summed E-state index contributed by atoms with van der Waals surface area (Å²) in [6.07, 6.45) is 5.96. The molecule has 5 heteroatoms. The fourth-order valence-corrected chi connectivity index (χ4v) is 2.38. The van der Waals surface area contributed by atoms with E-state index in [0.717, 1.165) is 6.54 Å². The minimum absolute atomic E-state index is 0.159. The van der Waals surface area contributed by atoms with Gasteiger partial charge in [0, 0.05) is 12.4 Å². The second-order valence-electron chi connectivity index (χ2n) is 4.69. The van der Waals surface area contributed by atoms with Crippen molar-refractivity contribution in [3.05, 3.63) is 30.2 Å². The van der Waals surface area contributed by atoms with E-state index in [1.54, 1.807) is 6.20 Å². The van der Waals surface area contributed by atoms with E-state index in [1.807, 2.05) is 24.0 Å². The summed E-state index contributed by atoms with van der Waals surface area (Å²) in [6, 6.07) is 2.57. The molecule has 0 amide bonds. The Morgan fingerprint density at radius 1 is 1.61 bits per heavy atom. The van der Waals surface area contributed by atoms with Crippen LogP contribution >= 0.6 is 0 Å². The van der Waals surface area contributed by atoms with E-state index >= 15 is 0 Å². The molecule has 0 saturated carbocycles. The SMILES string of the molecule is CN[C@H]1C(C)=CN[C@@H]1[C@H](C)OCCn1cccn1. The van der Waals surface area contributed by atoms with Gasteiger partial charge in [-0.15, -0.1) is 0 Å². The highest BCUT2D eigenvalue weighted by Gasteiger charge is 2.30. The Morgan fingerprint density at radius 3 is 3.11 bits per heavy atom. The monoisotopic (exact) mass is 250 g/mol. The average Bonchev–Trinajstić information content (AvgIpc) is 2.98. The lowest BCUT2D eigenvalue weighted by Crippen LogP contribution is -2.48. The van der Waals surface area contributed by atoms with Crippen LogP contribution in [-0.4, -0.2) is 41.6 Å². The van der Waals surface area contributed by atoms with Crippen LogP contribution in [0.5, 0.6) is 0 Å². The average molecular weight is 250 g/mol. The molecule has 2 rings (SSSR count).